The SMILES string of the molecule is CCCCN(CC(=O)N1CCc2ccccc2C1C)C(=O)Nc1c(C(C)C)cccc1C(C)C. The van der Waals surface area contributed by atoms with Gasteiger partial charge in [0.05, 0.1) is 6.04 Å². The minimum atomic E-state index is -0.193. The lowest BCUT2D eigenvalue weighted by Crippen LogP contribution is -2.47. The summed E-state index contributed by atoms with van der Waals surface area (Å²) in [6.07, 6.45) is 2.68. The van der Waals surface area contributed by atoms with Gasteiger partial charge in [-0.3, -0.25) is 4.79 Å². The number of nitrogens with zero attached hydrogens (tertiary/aromatic N) is 2. The highest BCUT2D eigenvalue weighted by atomic mass is 16.2. The molecule has 1 aliphatic heterocycles. The molecule has 5 heteroatoms. The largest absolute Gasteiger partial charge is 0.334 e. The molecule has 2 aromatic rings. The van der Waals surface area contributed by atoms with Gasteiger partial charge >= 0.3 is 6.03 Å². The van der Waals surface area contributed by atoms with Crippen molar-refractivity contribution in [3.63, 3.8) is 0 Å². The standard InChI is InChI=1S/C29H41N3O2/c1-7-8-17-31(19-27(33)32-18-16-23-12-9-10-13-26(23)22(32)6)29(34)30-28-24(20(2)3)14-11-15-25(28)21(4)5/h9-15,20-22H,7-8,16-19H2,1-6H3,(H,30,34). The predicted octanol–water partition coefficient (Wildman–Crippen LogP) is 6.71. The van der Waals surface area contributed by atoms with Crippen molar-refractivity contribution in [1.82, 2.24) is 9.80 Å². The zero-order valence-electron chi connectivity index (χ0n) is 21.7. The van der Waals surface area contributed by atoms with Gasteiger partial charge in [-0.25, -0.2) is 4.79 Å². The predicted molar refractivity (Wildman–Crippen MR) is 140 cm³/mol. The third-order valence-electron chi connectivity index (χ3n) is 6.91. The summed E-state index contributed by atoms with van der Waals surface area (Å²) in [5.41, 5.74) is 5.67. The van der Waals surface area contributed by atoms with Crippen molar-refractivity contribution in [2.24, 2.45) is 0 Å². The number of hydrogen-bond acceptors (Lipinski definition) is 2. The van der Waals surface area contributed by atoms with Gasteiger partial charge < -0.3 is 15.1 Å². The molecule has 3 amide bonds. The summed E-state index contributed by atoms with van der Waals surface area (Å²) >= 11 is 0. The molecule has 1 heterocycles. The van der Waals surface area contributed by atoms with Crippen LogP contribution in [0.3, 0.4) is 0 Å². The lowest BCUT2D eigenvalue weighted by molar-refractivity contribution is -0.134. The van der Waals surface area contributed by atoms with E-state index in [1.165, 1.54) is 11.1 Å². The average Bonchev–Trinajstić information content (AvgIpc) is 2.81. The first-order valence-corrected chi connectivity index (χ1v) is 12.8. The van der Waals surface area contributed by atoms with Crippen LogP contribution in [0, 0.1) is 0 Å². The molecule has 3 rings (SSSR count). The number of rotatable bonds is 8. The Labute approximate surface area is 205 Å². The molecule has 0 radical (unpaired) electrons. The summed E-state index contributed by atoms with van der Waals surface area (Å²) in [4.78, 5) is 30.5. The molecule has 0 aliphatic carbocycles. The zero-order chi connectivity index (χ0) is 24.8. The molecule has 0 aromatic heterocycles. The van der Waals surface area contributed by atoms with Crippen LogP contribution in [0.4, 0.5) is 10.5 Å². The quantitative estimate of drug-likeness (QED) is 0.473. The van der Waals surface area contributed by atoms with E-state index in [2.05, 4.69) is 83.3 Å². The highest BCUT2D eigenvalue weighted by molar-refractivity contribution is 5.94. The fourth-order valence-electron chi connectivity index (χ4n) is 4.85. The minimum Gasteiger partial charge on any atom is -0.334 e. The van der Waals surface area contributed by atoms with E-state index in [-0.39, 0.29) is 36.4 Å². The van der Waals surface area contributed by atoms with E-state index in [0.717, 1.165) is 36.1 Å². The second kappa shape index (κ2) is 11.5. The number of benzene rings is 2. The van der Waals surface area contributed by atoms with Gasteiger partial charge in [-0.15, -0.1) is 0 Å². The number of para-hydroxylation sites is 1. The number of hydrogen-bond donors (Lipinski definition) is 1. The Morgan fingerprint density at radius 2 is 1.68 bits per heavy atom. The van der Waals surface area contributed by atoms with Gasteiger partial charge in [0.15, 0.2) is 0 Å². The number of urea groups is 1. The molecule has 1 aliphatic rings. The van der Waals surface area contributed by atoms with Crippen LogP contribution in [0.15, 0.2) is 42.5 Å². The third-order valence-corrected chi connectivity index (χ3v) is 6.91. The van der Waals surface area contributed by atoms with Crippen molar-refractivity contribution >= 4 is 17.6 Å². The van der Waals surface area contributed by atoms with Crippen molar-refractivity contribution in [1.29, 1.82) is 0 Å². The van der Waals surface area contributed by atoms with Gasteiger partial charge in [0.25, 0.3) is 0 Å². The number of amides is 3. The maximum absolute atomic E-state index is 13.5. The summed E-state index contributed by atoms with van der Waals surface area (Å²) in [5, 5.41) is 3.20. The molecule has 0 spiro atoms. The third kappa shape index (κ3) is 5.81. The van der Waals surface area contributed by atoms with Gasteiger partial charge in [0, 0.05) is 18.8 Å². The number of nitrogens with one attached hydrogen (secondary N) is 1. The number of carbonyl (C=O) groups excluding carboxylic acids is 2. The molecular formula is C29H41N3O2. The van der Waals surface area contributed by atoms with Crippen LogP contribution >= 0.6 is 0 Å². The summed E-state index contributed by atoms with van der Waals surface area (Å²) < 4.78 is 0. The first kappa shape index (κ1) is 25.8. The van der Waals surface area contributed by atoms with Gasteiger partial charge in [-0.1, -0.05) is 83.5 Å². The first-order valence-electron chi connectivity index (χ1n) is 12.8. The summed E-state index contributed by atoms with van der Waals surface area (Å²) in [6.45, 7) is 14.1. The topological polar surface area (TPSA) is 52.7 Å². The molecule has 0 fully saturated rings. The Balaban J connectivity index is 1.80. The van der Waals surface area contributed by atoms with Crippen LogP contribution in [0.5, 0.6) is 0 Å². The summed E-state index contributed by atoms with van der Waals surface area (Å²) in [7, 11) is 0. The van der Waals surface area contributed by atoms with Gasteiger partial charge in [-0.2, -0.15) is 0 Å². The second-order valence-corrected chi connectivity index (χ2v) is 10.0. The second-order valence-electron chi connectivity index (χ2n) is 10.0. The van der Waals surface area contributed by atoms with Crippen molar-refractivity contribution in [3.8, 4) is 0 Å². The van der Waals surface area contributed by atoms with E-state index in [1.54, 1.807) is 4.90 Å². The molecule has 1 unspecified atom stereocenters. The minimum absolute atomic E-state index is 0.00878. The smallest absolute Gasteiger partial charge is 0.322 e. The maximum atomic E-state index is 13.5. The van der Waals surface area contributed by atoms with E-state index in [1.807, 2.05) is 11.0 Å². The lowest BCUT2D eigenvalue weighted by atomic mass is 9.92. The molecule has 1 N–H and O–H groups in total. The van der Waals surface area contributed by atoms with Gasteiger partial charge in [0.1, 0.15) is 6.54 Å². The summed E-state index contributed by atoms with van der Waals surface area (Å²) in [6, 6.07) is 14.4. The fraction of sp³-hybridized carbons (Fsp3) is 0.517. The van der Waals surface area contributed by atoms with Crippen molar-refractivity contribution < 1.29 is 9.59 Å². The molecule has 0 saturated heterocycles. The van der Waals surface area contributed by atoms with Crippen LogP contribution in [0.2, 0.25) is 0 Å². The number of carbonyl (C=O) groups is 2. The van der Waals surface area contributed by atoms with Crippen LogP contribution < -0.4 is 5.32 Å². The van der Waals surface area contributed by atoms with Crippen LogP contribution in [0.25, 0.3) is 0 Å². The van der Waals surface area contributed by atoms with Crippen LogP contribution in [0.1, 0.15) is 94.5 Å². The molecule has 34 heavy (non-hydrogen) atoms. The van der Waals surface area contributed by atoms with E-state index < -0.39 is 0 Å². The average molecular weight is 464 g/mol. The Kier molecular flexibility index (Phi) is 8.76. The van der Waals surface area contributed by atoms with Crippen molar-refractivity contribution in [3.05, 3.63) is 64.7 Å². The van der Waals surface area contributed by atoms with E-state index in [9.17, 15) is 9.59 Å². The molecule has 5 nitrogen and oxygen atoms in total. The summed E-state index contributed by atoms with van der Waals surface area (Å²) in [5.74, 6) is 0.581. The van der Waals surface area contributed by atoms with E-state index in [0.29, 0.717) is 13.1 Å². The number of anilines is 1. The molecular weight excluding hydrogens is 422 g/mol. The Hall–Kier alpha value is -2.82. The van der Waals surface area contributed by atoms with Gasteiger partial charge in [-0.05, 0) is 53.9 Å². The Bertz CT molecular complexity index is 972. The molecule has 0 saturated carbocycles. The molecule has 184 valence electrons. The zero-order valence-corrected chi connectivity index (χ0v) is 21.7. The maximum Gasteiger partial charge on any atom is 0.322 e. The molecule has 0 bridgehead atoms. The van der Waals surface area contributed by atoms with Crippen LogP contribution in [-0.4, -0.2) is 41.4 Å². The first-order chi connectivity index (χ1) is 16.2. The Morgan fingerprint density at radius 1 is 1.03 bits per heavy atom. The monoisotopic (exact) mass is 463 g/mol. The Morgan fingerprint density at radius 3 is 2.29 bits per heavy atom. The normalized spacial score (nSPS) is 15.4. The van der Waals surface area contributed by atoms with Crippen LogP contribution in [-0.2, 0) is 11.2 Å². The van der Waals surface area contributed by atoms with Crippen molar-refractivity contribution in [2.45, 2.75) is 78.7 Å². The number of fused-ring (bicyclic) bond motifs is 1. The number of unbranched alkanes of at least 4 members (excludes halogenated alkanes) is 1. The van der Waals surface area contributed by atoms with E-state index in [4.69, 9.17) is 0 Å². The highest BCUT2D eigenvalue weighted by Crippen LogP contribution is 2.33. The van der Waals surface area contributed by atoms with Gasteiger partial charge in [0.2, 0.25) is 5.91 Å². The highest BCUT2D eigenvalue weighted by Gasteiger charge is 2.29. The molecule has 2 aromatic carbocycles. The van der Waals surface area contributed by atoms with E-state index >= 15 is 0 Å². The lowest BCUT2D eigenvalue weighted by Gasteiger charge is -2.36. The molecule has 1 atom stereocenters. The fourth-order valence-corrected chi connectivity index (χ4v) is 4.85. The van der Waals surface area contributed by atoms with Crippen molar-refractivity contribution in [2.75, 3.05) is 25.0 Å².